The van der Waals surface area contributed by atoms with E-state index in [1.54, 1.807) is 12.1 Å². The molecule has 5 nitrogen and oxygen atoms in total. The summed E-state index contributed by atoms with van der Waals surface area (Å²) in [7, 11) is 0. The lowest BCUT2D eigenvalue weighted by Crippen LogP contribution is -2.60. The normalized spacial score (nSPS) is 27.1. The highest BCUT2D eigenvalue weighted by Gasteiger charge is 2.62. The van der Waals surface area contributed by atoms with Gasteiger partial charge in [-0.15, -0.1) is 5.10 Å². The summed E-state index contributed by atoms with van der Waals surface area (Å²) >= 11 is 0. The van der Waals surface area contributed by atoms with Crippen LogP contribution in [0.25, 0.3) is 11.3 Å². The van der Waals surface area contributed by atoms with Crippen molar-refractivity contribution >= 4 is 0 Å². The summed E-state index contributed by atoms with van der Waals surface area (Å²) in [6.07, 6.45) is 2.30. The SMILES string of the molecule is CC1C2C[C@]1(Oc1cc[nH]c(=O)c1)c1nnc(-c3c(F)cccc3F)cc1[C@H]2C. The fourth-order valence-electron chi connectivity index (χ4n) is 4.88. The van der Waals surface area contributed by atoms with Crippen molar-refractivity contribution in [3.05, 3.63) is 75.8 Å². The number of halogens is 2. The maximum absolute atomic E-state index is 14.2. The first-order valence-electron chi connectivity index (χ1n) is 9.61. The molecule has 1 N–H and O–H groups in total. The molecule has 2 heterocycles. The van der Waals surface area contributed by atoms with Gasteiger partial charge in [-0.3, -0.25) is 4.79 Å². The van der Waals surface area contributed by atoms with E-state index in [9.17, 15) is 13.6 Å². The van der Waals surface area contributed by atoms with Crippen LogP contribution in [0.2, 0.25) is 0 Å². The Balaban J connectivity index is 1.62. The van der Waals surface area contributed by atoms with Crippen molar-refractivity contribution in [2.24, 2.45) is 11.8 Å². The second-order valence-corrected chi connectivity index (χ2v) is 7.96. The van der Waals surface area contributed by atoms with Gasteiger partial charge in [0, 0.05) is 18.2 Å². The molecule has 1 aromatic carbocycles. The fraction of sp³-hybridized carbons (Fsp3) is 0.318. The van der Waals surface area contributed by atoms with Gasteiger partial charge < -0.3 is 9.72 Å². The molecule has 3 aromatic rings. The number of nitrogens with zero attached hydrogens (tertiary/aromatic N) is 2. The molecular weight excluding hydrogens is 376 g/mol. The summed E-state index contributed by atoms with van der Waals surface area (Å²) in [6, 6.07) is 8.57. The van der Waals surface area contributed by atoms with E-state index in [0.29, 0.717) is 17.4 Å². The third-order valence-corrected chi connectivity index (χ3v) is 6.54. The molecule has 3 aliphatic carbocycles. The van der Waals surface area contributed by atoms with Gasteiger partial charge in [0.05, 0.1) is 11.3 Å². The number of pyridine rings is 1. The molecular formula is C22H19F2N3O2. The van der Waals surface area contributed by atoms with Crippen molar-refractivity contribution < 1.29 is 13.5 Å². The van der Waals surface area contributed by atoms with Crippen LogP contribution in [0.3, 0.4) is 0 Å². The summed E-state index contributed by atoms with van der Waals surface area (Å²) in [4.78, 5) is 14.2. The number of aromatic nitrogens is 3. The first-order chi connectivity index (χ1) is 13.9. The van der Waals surface area contributed by atoms with Crippen molar-refractivity contribution in [2.75, 3.05) is 0 Å². The highest BCUT2D eigenvalue weighted by Crippen LogP contribution is 2.63. The number of hydrogen-bond donors (Lipinski definition) is 1. The molecule has 0 radical (unpaired) electrons. The number of rotatable bonds is 3. The molecule has 148 valence electrons. The Morgan fingerprint density at radius 2 is 1.90 bits per heavy atom. The van der Waals surface area contributed by atoms with Crippen LogP contribution in [0.1, 0.15) is 37.4 Å². The largest absolute Gasteiger partial charge is 0.480 e. The van der Waals surface area contributed by atoms with Gasteiger partial charge in [0.2, 0.25) is 0 Å². The standard InChI is InChI=1S/C22H19F2N3O2/c1-11-14-9-18(20-16(23)4-3-5-17(20)24)26-27-21(14)22(10-15(11)12(22)2)29-13-6-7-25-19(28)8-13/h3-9,11-12,15H,10H2,1-2H3,(H,25,28)/t11-,12?,15?,22-/m1/s1. The molecule has 2 bridgehead atoms. The number of aromatic amines is 1. The Kier molecular flexibility index (Phi) is 3.84. The molecule has 1 saturated carbocycles. The molecule has 0 aliphatic heterocycles. The zero-order valence-electron chi connectivity index (χ0n) is 15.9. The van der Waals surface area contributed by atoms with E-state index in [1.807, 2.05) is 0 Å². The van der Waals surface area contributed by atoms with Crippen molar-refractivity contribution in [1.29, 1.82) is 0 Å². The second-order valence-electron chi connectivity index (χ2n) is 7.96. The molecule has 0 amide bonds. The minimum Gasteiger partial charge on any atom is -0.480 e. The minimum absolute atomic E-state index is 0.161. The van der Waals surface area contributed by atoms with Gasteiger partial charge in [-0.05, 0) is 48.1 Å². The predicted molar refractivity (Wildman–Crippen MR) is 102 cm³/mol. The highest BCUT2D eigenvalue weighted by molar-refractivity contribution is 5.62. The molecule has 1 fully saturated rings. The first kappa shape index (κ1) is 18.0. The van der Waals surface area contributed by atoms with Crippen LogP contribution in [-0.4, -0.2) is 15.2 Å². The average Bonchev–Trinajstić information content (AvgIpc) is 2.69. The lowest BCUT2D eigenvalue weighted by Gasteiger charge is -2.59. The Bertz CT molecular complexity index is 1160. The van der Waals surface area contributed by atoms with Gasteiger partial charge >= 0.3 is 0 Å². The van der Waals surface area contributed by atoms with Crippen molar-refractivity contribution in [3.8, 4) is 17.0 Å². The zero-order valence-corrected chi connectivity index (χ0v) is 15.9. The molecule has 2 unspecified atom stereocenters. The number of H-pyrrole nitrogens is 1. The molecule has 3 aliphatic rings. The number of hydrogen-bond acceptors (Lipinski definition) is 4. The molecule has 6 rings (SSSR count). The van der Waals surface area contributed by atoms with E-state index in [2.05, 4.69) is 29.0 Å². The molecule has 4 atom stereocenters. The number of benzene rings is 1. The van der Waals surface area contributed by atoms with E-state index in [0.717, 1.165) is 12.0 Å². The Hall–Kier alpha value is -3.09. The number of ether oxygens (including phenoxy) is 1. The lowest BCUT2D eigenvalue weighted by atomic mass is 9.50. The van der Waals surface area contributed by atoms with Crippen LogP contribution in [-0.2, 0) is 5.60 Å². The smallest absolute Gasteiger partial charge is 0.251 e. The maximum atomic E-state index is 14.2. The van der Waals surface area contributed by atoms with Crippen LogP contribution >= 0.6 is 0 Å². The molecule has 0 saturated heterocycles. The Morgan fingerprint density at radius 1 is 1.14 bits per heavy atom. The zero-order chi connectivity index (χ0) is 20.3. The molecule has 29 heavy (non-hydrogen) atoms. The monoisotopic (exact) mass is 395 g/mol. The van der Waals surface area contributed by atoms with Crippen LogP contribution < -0.4 is 10.3 Å². The maximum Gasteiger partial charge on any atom is 0.251 e. The van der Waals surface area contributed by atoms with E-state index in [1.165, 1.54) is 30.5 Å². The molecule has 2 aromatic heterocycles. The van der Waals surface area contributed by atoms with Crippen LogP contribution in [0.5, 0.6) is 5.75 Å². The summed E-state index contributed by atoms with van der Waals surface area (Å²) in [5.41, 5.74) is 0.624. The summed E-state index contributed by atoms with van der Waals surface area (Å²) < 4.78 is 34.8. The van der Waals surface area contributed by atoms with Crippen LogP contribution in [0, 0.1) is 23.5 Å². The van der Waals surface area contributed by atoms with E-state index in [-0.39, 0.29) is 28.7 Å². The van der Waals surface area contributed by atoms with Gasteiger partial charge in [0.1, 0.15) is 23.1 Å². The van der Waals surface area contributed by atoms with E-state index >= 15 is 0 Å². The minimum atomic E-state index is -0.695. The number of nitrogens with one attached hydrogen (secondary N) is 1. The Labute approximate surface area is 165 Å². The first-order valence-corrected chi connectivity index (χ1v) is 9.61. The second kappa shape index (κ2) is 6.20. The highest BCUT2D eigenvalue weighted by atomic mass is 19.1. The summed E-state index contributed by atoms with van der Waals surface area (Å²) in [5, 5.41) is 8.55. The van der Waals surface area contributed by atoms with Gasteiger partial charge in [-0.1, -0.05) is 19.9 Å². The van der Waals surface area contributed by atoms with Crippen LogP contribution in [0.4, 0.5) is 8.78 Å². The fourth-order valence-corrected chi connectivity index (χ4v) is 4.88. The molecule has 7 heteroatoms. The van der Waals surface area contributed by atoms with E-state index < -0.39 is 17.2 Å². The van der Waals surface area contributed by atoms with Gasteiger partial charge in [0.15, 0.2) is 5.60 Å². The van der Waals surface area contributed by atoms with Crippen molar-refractivity contribution in [3.63, 3.8) is 0 Å². The van der Waals surface area contributed by atoms with Gasteiger partial charge in [-0.25, -0.2) is 8.78 Å². The van der Waals surface area contributed by atoms with Crippen molar-refractivity contribution in [1.82, 2.24) is 15.2 Å². The summed E-state index contributed by atoms with van der Waals surface area (Å²) in [5.74, 6) is -0.188. The third kappa shape index (κ3) is 2.53. The van der Waals surface area contributed by atoms with E-state index in [4.69, 9.17) is 4.74 Å². The van der Waals surface area contributed by atoms with Crippen molar-refractivity contribution in [2.45, 2.75) is 31.8 Å². The van der Waals surface area contributed by atoms with Gasteiger partial charge in [-0.2, -0.15) is 5.10 Å². The topological polar surface area (TPSA) is 67.9 Å². The quantitative estimate of drug-likeness (QED) is 0.723. The lowest BCUT2D eigenvalue weighted by molar-refractivity contribution is -0.141. The average molecular weight is 395 g/mol. The molecule has 0 spiro atoms. The van der Waals surface area contributed by atoms with Gasteiger partial charge in [0.25, 0.3) is 5.56 Å². The third-order valence-electron chi connectivity index (χ3n) is 6.54. The Morgan fingerprint density at radius 3 is 2.59 bits per heavy atom. The predicted octanol–water partition coefficient (Wildman–Crippen LogP) is 4.16. The summed E-state index contributed by atoms with van der Waals surface area (Å²) in [6.45, 7) is 4.20. The van der Waals surface area contributed by atoms with Crippen LogP contribution in [0.15, 0.2) is 47.4 Å².